The van der Waals surface area contributed by atoms with E-state index in [1.54, 1.807) is 0 Å². The lowest BCUT2D eigenvalue weighted by molar-refractivity contribution is 0.186. The van der Waals surface area contributed by atoms with Crippen molar-refractivity contribution in [1.82, 2.24) is 0 Å². The Labute approximate surface area is 76.5 Å². The molecule has 0 rings (SSSR count). The zero-order chi connectivity index (χ0) is 9.23. The van der Waals surface area contributed by atoms with Crippen molar-refractivity contribution in [1.29, 1.82) is 0 Å². The van der Waals surface area contributed by atoms with Crippen LogP contribution in [-0.2, 0) is 0 Å². The third-order valence-corrected chi connectivity index (χ3v) is 1.89. The van der Waals surface area contributed by atoms with Gasteiger partial charge in [0, 0.05) is 0 Å². The zero-order valence-corrected chi connectivity index (χ0v) is 8.42. The summed E-state index contributed by atoms with van der Waals surface area (Å²) in [6, 6.07) is 0. The van der Waals surface area contributed by atoms with Crippen LogP contribution in [0.15, 0.2) is 12.2 Å². The highest BCUT2D eigenvalue weighted by Crippen LogP contribution is 2.02. The molecule has 0 aliphatic heterocycles. The summed E-state index contributed by atoms with van der Waals surface area (Å²) >= 11 is 0. The van der Waals surface area contributed by atoms with E-state index in [2.05, 4.69) is 19.1 Å². The van der Waals surface area contributed by atoms with Gasteiger partial charge in [-0.05, 0) is 32.6 Å². The van der Waals surface area contributed by atoms with Crippen molar-refractivity contribution in [3.8, 4) is 0 Å². The van der Waals surface area contributed by atoms with Crippen LogP contribution in [0.1, 0.15) is 52.4 Å². The van der Waals surface area contributed by atoms with E-state index in [1.165, 1.54) is 25.7 Å². The summed E-state index contributed by atoms with van der Waals surface area (Å²) in [7, 11) is 0. The minimum absolute atomic E-state index is 0.148. The number of unbranched alkanes of at least 4 members (excludes halogenated alkanes) is 3. The van der Waals surface area contributed by atoms with Gasteiger partial charge in [-0.25, -0.2) is 0 Å². The van der Waals surface area contributed by atoms with Gasteiger partial charge in [0.2, 0.25) is 0 Å². The van der Waals surface area contributed by atoms with Crippen LogP contribution in [0.2, 0.25) is 0 Å². The monoisotopic (exact) mass is 170 g/mol. The second-order valence-corrected chi connectivity index (χ2v) is 3.39. The Hall–Kier alpha value is -0.300. The Morgan fingerprint density at radius 2 is 1.83 bits per heavy atom. The molecule has 0 aliphatic carbocycles. The molecule has 72 valence electrons. The summed E-state index contributed by atoms with van der Waals surface area (Å²) in [5.41, 5.74) is 0. The first-order valence-corrected chi connectivity index (χ1v) is 5.10. The summed E-state index contributed by atoms with van der Waals surface area (Å²) in [5, 5.41) is 8.96. The van der Waals surface area contributed by atoms with Crippen molar-refractivity contribution in [2.24, 2.45) is 0 Å². The first-order valence-electron chi connectivity index (χ1n) is 5.10. The van der Waals surface area contributed by atoms with Gasteiger partial charge >= 0.3 is 0 Å². The maximum absolute atomic E-state index is 8.96. The average Bonchev–Trinajstić information content (AvgIpc) is 2.02. The van der Waals surface area contributed by atoms with Crippen molar-refractivity contribution in [2.75, 3.05) is 0 Å². The molecule has 0 saturated carbocycles. The van der Waals surface area contributed by atoms with Gasteiger partial charge in [-0.1, -0.05) is 31.9 Å². The number of hydrogen-bond donors (Lipinski definition) is 1. The van der Waals surface area contributed by atoms with Gasteiger partial charge in [0.1, 0.15) is 0 Å². The van der Waals surface area contributed by atoms with E-state index in [0.717, 1.165) is 12.8 Å². The van der Waals surface area contributed by atoms with Gasteiger partial charge in [-0.15, -0.1) is 0 Å². The molecular weight excluding hydrogens is 148 g/mol. The largest absolute Gasteiger partial charge is 0.393 e. The van der Waals surface area contributed by atoms with Gasteiger partial charge in [0.25, 0.3) is 0 Å². The molecule has 1 heteroatoms. The molecule has 0 aliphatic rings. The molecule has 0 saturated heterocycles. The Morgan fingerprint density at radius 1 is 1.17 bits per heavy atom. The first-order chi connectivity index (χ1) is 5.77. The van der Waals surface area contributed by atoms with Gasteiger partial charge in [0.15, 0.2) is 0 Å². The Balaban J connectivity index is 3.04. The SMILES string of the molecule is CCCCC/C=C\CC[C@H](C)O. The lowest BCUT2D eigenvalue weighted by Gasteiger charge is -1.98. The molecule has 0 aromatic carbocycles. The van der Waals surface area contributed by atoms with Crippen LogP contribution in [0.3, 0.4) is 0 Å². The van der Waals surface area contributed by atoms with Crippen molar-refractivity contribution in [2.45, 2.75) is 58.5 Å². The van der Waals surface area contributed by atoms with E-state index in [-0.39, 0.29) is 6.10 Å². The number of aliphatic hydroxyl groups is 1. The van der Waals surface area contributed by atoms with Crippen LogP contribution in [0.25, 0.3) is 0 Å². The van der Waals surface area contributed by atoms with Gasteiger partial charge in [-0.3, -0.25) is 0 Å². The standard InChI is InChI=1S/C11H22O/c1-3-4-5-6-7-8-9-10-11(2)12/h7-8,11-12H,3-6,9-10H2,1-2H3/b8-7-/t11-/m0/s1. The molecule has 0 fully saturated rings. The Bertz CT molecular complexity index is 106. The van der Waals surface area contributed by atoms with Crippen LogP contribution >= 0.6 is 0 Å². The summed E-state index contributed by atoms with van der Waals surface area (Å²) in [4.78, 5) is 0. The van der Waals surface area contributed by atoms with Crippen molar-refractivity contribution in [3.63, 3.8) is 0 Å². The number of aliphatic hydroxyl groups excluding tert-OH is 1. The molecule has 0 spiro atoms. The molecule has 0 bridgehead atoms. The van der Waals surface area contributed by atoms with E-state index >= 15 is 0 Å². The van der Waals surface area contributed by atoms with Crippen LogP contribution in [0, 0.1) is 0 Å². The minimum Gasteiger partial charge on any atom is -0.393 e. The van der Waals surface area contributed by atoms with Crippen molar-refractivity contribution in [3.05, 3.63) is 12.2 Å². The predicted molar refractivity (Wildman–Crippen MR) is 54.2 cm³/mol. The van der Waals surface area contributed by atoms with Crippen molar-refractivity contribution < 1.29 is 5.11 Å². The Morgan fingerprint density at radius 3 is 2.42 bits per heavy atom. The fourth-order valence-electron chi connectivity index (χ4n) is 1.09. The van der Waals surface area contributed by atoms with Crippen molar-refractivity contribution >= 4 is 0 Å². The second kappa shape index (κ2) is 8.79. The van der Waals surface area contributed by atoms with Crippen LogP contribution < -0.4 is 0 Å². The third kappa shape index (κ3) is 9.70. The van der Waals surface area contributed by atoms with E-state index in [9.17, 15) is 0 Å². The highest BCUT2D eigenvalue weighted by Gasteiger charge is 1.90. The molecule has 1 nitrogen and oxygen atoms in total. The summed E-state index contributed by atoms with van der Waals surface area (Å²) in [6.07, 6.45) is 11.3. The summed E-state index contributed by atoms with van der Waals surface area (Å²) < 4.78 is 0. The highest BCUT2D eigenvalue weighted by molar-refractivity contribution is 4.81. The molecule has 12 heavy (non-hydrogen) atoms. The molecule has 0 radical (unpaired) electrons. The average molecular weight is 170 g/mol. The second-order valence-electron chi connectivity index (χ2n) is 3.39. The third-order valence-electron chi connectivity index (χ3n) is 1.89. The first kappa shape index (κ1) is 11.7. The normalized spacial score (nSPS) is 13.9. The fraction of sp³-hybridized carbons (Fsp3) is 0.818. The number of hydrogen-bond acceptors (Lipinski definition) is 1. The van der Waals surface area contributed by atoms with Gasteiger partial charge < -0.3 is 5.11 Å². The zero-order valence-electron chi connectivity index (χ0n) is 8.42. The molecular formula is C11H22O. The number of allylic oxidation sites excluding steroid dienone is 2. The van der Waals surface area contributed by atoms with E-state index in [1.807, 2.05) is 6.92 Å². The maximum atomic E-state index is 8.96. The summed E-state index contributed by atoms with van der Waals surface area (Å²) in [5.74, 6) is 0. The molecule has 0 unspecified atom stereocenters. The van der Waals surface area contributed by atoms with Gasteiger partial charge in [0.05, 0.1) is 6.10 Å². The molecule has 0 aromatic rings. The molecule has 1 N–H and O–H groups in total. The summed E-state index contributed by atoms with van der Waals surface area (Å²) in [6.45, 7) is 4.06. The number of rotatable bonds is 7. The quantitative estimate of drug-likeness (QED) is 0.459. The molecule has 1 atom stereocenters. The lowest BCUT2D eigenvalue weighted by Crippen LogP contribution is -1.96. The fourth-order valence-corrected chi connectivity index (χ4v) is 1.09. The predicted octanol–water partition coefficient (Wildman–Crippen LogP) is 3.28. The van der Waals surface area contributed by atoms with E-state index in [4.69, 9.17) is 5.11 Å². The van der Waals surface area contributed by atoms with E-state index < -0.39 is 0 Å². The maximum Gasteiger partial charge on any atom is 0.0515 e. The minimum atomic E-state index is -0.148. The lowest BCUT2D eigenvalue weighted by atomic mass is 10.1. The molecule has 0 amide bonds. The Kier molecular flexibility index (Phi) is 8.57. The van der Waals surface area contributed by atoms with Gasteiger partial charge in [-0.2, -0.15) is 0 Å². The van der Waals surface area contributed by atoms with Crippen LogP contribution in [-0.4, -0.2) is 11.2 Å². The van der Waals surface area contributed by atoms with Crippen LogP contribution in [0.4, 0.5) is 0 Å². The molecule has 0 aromatic heterocycles. The van der Waals surface area contributed by atoms with Crippen LogP contribution in [0.5, 0.6) is 0 Å². The topological polar surface area (TPSA) is 20.2 Å². The molecule has 0 heterocycles. The smallest absolute Gasteiger partial charge is 0.0515 e. The highest BCUT2D eigenvalue weighted by atomic mass is 16.3. The van der Waals surface area contributed by atoms with E-state index in [0.29, 0.717) is 0 Å².